The van der Waals surface area contributed by atoms with Gasteiger partial charge in [0.25, 0.3) is 5.67 Å². The zero-order valence-electron chi connectivity index (χ0n) is 7.69. The second-order valence-electron chi connectivity index (χ2n) is 3.02. The van der Waals surface area contributed by atoms with Crippen molar-refractivity contribution in [3.8, 4) is 0 Å². The maximum atomic E-state index is 12.7. The summed E-state index contributed by atoms with van der Waals surface area (Å²) in [6, 6.07) is 0. The van der Waals surface area contributed by atoms with Crippen LogP contribution in [-0.2, 0) is 0 Å². The van der Waals surface area contributed by atoms with E-state index in [1.165, 1.54) is 0 Å². The summed E-state index contributed by atoms with van der Waals surface area (Å²) in [5.74, 6) is -5.04. The highest BCUT2D eigenvalue weighted by molar-refractivity contribution is 5.01. The molecule has 0 fully saturated rings. The fourth-order valence-electron chi connectivity index (χ4n) is 0.767. The summed E-state index contributed by atoms with van der Waals surface area (Å²) in [7, 11) is 0. The van der Waals surface area contributed by atoms with Crippen LogP contribution >= 0.6 is 0 Å². The van der Waals surface area contributed by atoms with Gasteiger partial charge in [0.1, 0.15) is 0 Å². The van der Waals surface area contributed by atoms with Crippen molar-refractivity contribution in [2.24, 2.45) is 0 Å². The van der Waals surface area contributed by atoms with Crippen LogP contribution in [0.25, 0.3) is 0 Å². The molecule has 0 saturated carbocycles. The summed E-state index contributed by atoms with van der Waals surface area (Å²) < 4.78 is 119. The summed E-state index contributed by atoms with van der Waals surface area (Å²) in [5, 5.41) is 0. The topological polar surface area (TPSA) is 0 Å². The monoisotopic (exact) mass is 278 g/mol. The van der Waals surface area contributed by atoms with Gasteiger partial charge in [-0.05, 0) is 0 Å². The Balaban J connectivity index is 4.83. The molecular formula is C7H4F10. The van der Waals surface area contributed by atoms with Crippen molar-refractivity contribution in [2.45, 2.75) is 30.6 Å². The third-order valence-corrected chi connectivity index (χ3v) is 1.81. The molecule has 0 aromatic heterocycles. The lowest BCUT2D eigenvalue weighted by Crippen LogP contribution is -2.45. The first-order valence-corrected chi connectivity index (χ1v) is 3.85. The number of hydrogen-bond acceptors (Lipinski definition) is 0. The highest BCUT2D eigenvalue weighted by Gasteiger charge is 2.64. The van der Waals surface area contributed by atoms with Gasteiger partial charge in [-0.3, -0.25) is 0 Å². The van der Waals surface area contributed by atoms with Crippen LogP contribution in [0, 0.1) is 12.9 Å². The Morgan fingerprint density at radius 1 is 0.647 bits per heavy atom. The summed E-state index contributed by atoms with van der Waals surface area (Å²) in [4.78, 5) is 0. The van der Waals surface area contributed by atoms with E-state index in [-0.39, 0.29) is 0 Å². The third-order valence-electron chi connectivity index (χ3n) is 1.81. The Kier molecular flexibility index (Phi) is 4.69. The molecule has 102 valence electrons. The zero-order valence-corrected chi connectivity index (χ0v) is 7.69. The van der Waals surface area contributed by atoms with Crippen LogP contribution in [0.5, 0.6) is 0 Å². The molecule has 0 saturated heterocycles. The Bertz CT molecular complexity index is 244. The molecular weight excluding hydrogens is 274 g/mol. The van der Waals surface area contributed by atoms with E-state index in [2.05, 4.69) is 0 Å². The lowest BCUT2D eigenvalue weighted by atomic mass is 9.97. The number of halogens is 10. The fraction of sp³-hybridized carbons (Fsp3) is 0.714. The molecule has 0 amide bonds. The molecule has 1 unspecified atom stereocenters. The van der Waals surface area contributed by atoms with Crippen molar-refractivity contribution in [2.75, 3.05) is 0 Å². The van der Waals surface area contributed by atoms with Gasteiger partial charge in [-0.25, -0.2) is 4.39 Å². The van der Waals surface area contributed by atoms with Crippen LogP contribution in [0.4, 0.5) is 43.9 Å². The quantitative estimate of drug-likeness (QED) is 0.648. The van der Waals surface area contributed by atoms with Crippen LogP contribution < -0.4 is 0 Å². The Morgan fingerprint density at radius 2 is 1.06 bits per heavy atom. The van der Waals surface area contributed by atoms with Gasteiger partial charge in [0.2, 0.25) is 0 Å². The predicted molar refractivity (Wildman–Crippen MR) is 35.0 cm³/mol. The number of alkyl halides is 6. The summed E-state index contributed by atoms with van der Waals surface area (Å²) in [6.45, 7) is 0. The van der Waals surface area contributed by atoms with Crippen molar-refractivity contribution in [1.82, 2.24) is 0 Å². The Hall–Kier alpha value is -0.700. The second-order valence-corrected chi connectivity index (χ2v) is 3.02. The van der Waals surface area contributed by atoms with E-state index < -0.39 is 43.5 Å². The van der Waals surface area contributed by atoms with Gasteiger partial charge in [0.15, 0.2) is 0 Å². The average molecular weight is 278 g/mol. The number of hydrogen-bond donors (Lipinski definition) is 0. The third kappa shape index (κ3) is 3.63. The molecule has 0 heterocycles. The van der Waals surface area contributed by atoms with Crippen LogP contribution in [-0.4, -0.2) is 17.8 Å². The molecule has 17 heavy (non-hydrogen) atoms. The summed E-state index contributed by atoms with van der Waals surface area (Å²) in [6.07, 6.45) is -18.4. The van der Waals surface area contributed by atoms with Crippen molar-refractivity contribution in [3.05, 3.63) is 12.9 Å². The maximum absolute atomic E-state index is 12.7. The summed E-state index contributed by atoms with van der Waals surface area (Å²) in [5.41, 5.74) is -5.31. The minimum absolute atomic E-state index is 2.39. The molecule has 0 bridgehead atoms. The van der Waals surface area contributed by atoms with Crippen LogP contribution in [0.15, 0.2) is 0 Å². The Labute approximate surface area is 88.6 Å². The van der Waals surface area contributed by atoms with Crippen molar-refractivity contribution < 1.29 is 43.9 Å². The normalized spacial score (nSPS) is 17.6. The molecule has 0 spiro atoms. The largest absolute Gasteiger partial charge is 0.428 e. The molecule has 0 aliphatic rings. The predicted octanol–water partition coefficient (Wildman–Crippen LogP) is 4.53. The van der Waals surface area contributed by atoms with E-state index >= 15 is 0 Å². The van der Waals surface area contributed by atoms with E-state index in [0.29, 0.717) is 0 Å². The highest BCUT2D eigenvalue weighted by atomic mass is 19.4. The minimum atomic E-state index is -6.16. The molecule has 0 N–H and O–H groups in total. The van der Waals surface area contributed by atoms with Gasteiger partial charge in [0, 0.05) is 12.8 Å². The smallest absolute Gasteiger partial charge is 0.227 e. The van der Waals surface area contributed by atoms with E-state index in [4.69, 9.17) is 0 Å². The van der Waals surface area contributed by atoms with Gasteiger partial charge in [-0.2, -0.15) is 39.5 Å². The molecule has 0 aromatic carbocycles. The lowest BCUT2D eigenvalue weighted by Gasteiger charge is -2.27. The molecule has 0 aromatic rings. The first-order valence-electron chi connectivity index (χ1n) is 3.85. The highest BCUT2D eigenvalue weighted by Crippen LogP contribution is 2.48. The SMILES string of the molecule is F[C](F)C(F)(F)CCC(F)([C](F)F)C(F)(F)F. The standard InChI is InChI=1S/C7H4F10/c8-3(9)5(12,7(15,16)17)1-2-6(13,14)4(10)11/h1-2H2. The van der Waals surface area contributed by atoms with Crippen molar-refractivity contribution >= 4 is 0 Å². The minimum Gasteiger partial charge on any atom is -0.227 e. The number of rotatable bonds is 5. The Morgan fingerprint density at radius 3 is 1.29 bits per heavy atom. The first kappa shape index (κ1) is 16.3. The molecule has 0 aliphatic carbocycles. The van der Waals surface area contributed by atoms with E-state index in [9.17, 15) is 43.9 Å². The molecule has 0 nitrogen and oxygen atoms in total. The lowest BCUT2D eigenvalue weighted by molar-refractivity contribution is -0.249. The van der Waals surface area contributed by atoms with Crippen LogP contribution in [0.3, 0.4) is 0 Å². The fourth-order valence-corrected chi connectivity index (χ4v) is 0.767. The first-order chi connectivity index (χ1) is 7.34. The second kappa shape index (κ2) is 4.89. The molecule has 10 heteroatoms. The molecule has 0 rings (SSSR count). The van der Waals surface area contributed by atoms with Gasteiger partial charge >= 0.3 is 24.9 Å². The van der Waals surface area contributed by atoms with Crippen molar-refractivity contribution in [1.29, 1.82) is 0 Å². The van der Waals surface area contributed by atoms with E-state index in [0.717, 1.165) is 0 Å². The van der Waals surface area contributed by atoms with E-state index in [1.807, 2.05) is 0 Å². The van der Waals surface area contributed by atoms with Gasteiger partial charge in [-0.15, -0.1) is 0 Å². The molecule has 0 aliphatic heterocycles. The van der Waals surface area contributed by atoms with Crippen LogP contribution in [0.1, 0.15) is 12.8 Å². The van der Waals surface area contributed by atoms with Crippen molar-refractivity contribution in [3.63, 3.8) is 0 Å². The van der Waals surface area contributed by atoms with Gasteiger partial charge in [-0.1, -0.05) is 0 Å². The maximum Gasteiger partial charge on any atom is 0.428 e. The van der Waals surface area contributed by atoms with Gasteiger partial charge in [0.05, 0.1) is 0 Å². The molecule has 2 radical (unpaired) electrons. The van der Waals surface area contributed by atoms with Gasteiger partial charge < -0.3 is 0 Å². The van der Waals surface area contributed by atoms with Crippen LogP contribution in [0.2, 0.25) is 0 Å². The zero-order chi connectivity index (χ0) is 14.1. The van der Waals surface area contributed by atoms with E-state index in [1.54, 1.807) is 0 Å². The summed E-state index contributed by atoms with van der Waals surface area (Å²) >= 11 is 0. The average Bonchev–Trinajstić information content (AvgIpc) is 2.11. The molecule has 1 atom stereocenters.